The average molecular weight is 533 g/mol. The van der Waals surface area contributed by atoms with Crippen molar-refractivity contribution in [3.05, 3.63) is 42.7 Å². The summed E-state index contributed by atoms with van der Waals surface area (Å²) in [6.07, 6.45) is 1.08. The molecule has 5 atom stereocenters. The molecule has 1 aromatic carbocycles. The molecule has 0 radical (unpaired) electrons. The third-order valence-corrected chi connectivity index (χ3v) is 8.24. The van der Waals surface area contributed by atoms with Crippen molar-refractivity contribution < 1.29 is 22.3 Å². The molecule has 2 saturated heterocycles. The van der Waals surface area contributed by atoms with Gasteiger partial charge in [0.2, 0.25) is 5.95 Å². The van der Waals surface area contributed by atoms with Crippen LogP contribution in [0.5, 0.6) is 0 Å². The number of aliphatic hydroxyl groups is 1. The number of nitrogens with zero attached hydrogens (tertiary/aromatic N) is 5. The number of nitrogens with one attached hydrogen (secondary N) is 1. The fourth-order valence-electron chi connectivity index (χ4n) is 5.13. The molecule has 0 bridgehead atoms. The number of alkyl halides is 2. The SMILES string of the molecule is C[C@@H]1[C@@H](CS(C)(=O)=O)CN1c1cccc2cc(Nc3ccnc(N4C[C@H](F)[C@H](O)[C@@](C)(F)C4)n3)ncc12. The Hall–Kier alpha value is -3.12. The van der Waals surface area contributed by atoms with E-state index in [1.54, 1.807) is 12.3 Å². The van der Waals surface area contributed by atoms with Crippen LogP contribution in [0.2, 0.25) is 0 Å². The highest BCUT2D eigenvalue weighted by molar-refractivity contribution is 7.90. The van der Waals surface area contributed by atoms with E-state index in [0.717, 1.165) is 16.5 Å². The molecule has 5 rings (SSSR count). The molecular formula is C25H30F2N6O3S. The van der Waals surface area contributed by atoms with Gasteiger partial charge in [-0.3, -0.25) is 0 Å². The minimum atomic E-state index is -3.03. The van der Waals surface area contributed by atoms with Crippen molar-refractivity contribution in [1.82, 2.24) is 15.0 Å². The third kappa shape index (κ3) is 5.17. The lowest BCUT2D eigenvalue weighted by Crippen LogP contribution is -2.59. The second-order valence-electron chi connectivity index (χ2n) is 10.3. The van der Waals surface area contributed by atoms with Crippen molar-refractivity contribution in [2.45, 2.75) is 37.8 Å². The topological polar surface area (TPSA) is 112 Å². The lowest BCUT2D eigenvalue weighted by molar-refractivity contribution is -0.0545. The number of pyridine rings is 1. The molecule has 12 heteroatoms. The molecule has 2 aromatic heterocycles. The molecule has 2 aliphatic rings. The van der Waals surface area contributed by atoms with Gasteiger partial charge in [0.15, 0.2) is 5.67 Å². The summed E-state index contributed by atoms with van der Waals surface area (Å²) in [4.78, 5) is 16.7. The summed E-state index contributed by atoms with van der Waals surface area (Å²) >= 11 is 0. The van der Waals surface area contributed by atoms with Gasteiger partial charge in [0.25, 0.3) is 0 Å². The van der Waals surface area contributed by atoms with Gasteiger partial charge in [-0.05, 0) is 37.4 Å². The van der Waals surface area contributed by atoms with Crippen molar-refractivity contribution in [2.24, 2.45) is 5.92 Å². The number of benzene rings is 1. The molecule has 37 heavy (non-hydrogen) atoms. The predicted octanol–water partition coefficient (Wildman–Crippen LogP) is 2.88. The molecule has 3 aromatic rings. The van der Waals surface area contributed by atoms with Gasteiger partial charge in [-0.25, -0.2) is 27.2 Å². The molecule has 0 amide bonds. The van der Waals surface area contributed by atoms with Crippen LogP contribution in [0.4, 0.5) is 32.1 Å². The van der Waals surface area contributed by atoms with Gasteiger partial charge >= 0.3 is 0 Å². The maximum absolute atomic E-state index is 14.6. The maximum atomic E-state index is 14.6. The monoisotopic (exact) mass is 532 g/mol. The molecular weight excluding hydrogens is 502 g/mol. The zero-order valence-electron chi connectivity index (χ0n) is 20.8. The minimum absolute atomic E-state index is 0.0946. The number of halogens is 2. The molecule has 0 spiro atoms. The van der Waals surface area contributed by atoms with E-state index in [9.17, 15) is 22.3 Å². The Kier molecular flexibility index (Phi) is 6.43. The fourth-order valence-corrected chi connectivity index (χ4v) is 6.30. The molecule has 9 nitrogen and oxygen atoms in total. The minimum Gasteiger partial charge on any atom is -0.387 e. The molecule has 4 heterocycles. The Labute approximate surface area is 214 Å². The summed E-state index contributed by atoms with van der Waals surface area (Å²) in [6.45, 7) is 3.44. The first-order valence-corrected chi connectivity index (χ1v) is 14.2. The number of sulfone groups is 1. The Morgan fingerprint density at radius 2 is 2.00 bits per heavy atom. The van der Waals surface area contributed by atoms with Gasteiger partial charge in [-0.2, -0.15) is 4.98 Å². The predicted molar refractivity (Wildman–Crippen MR) is 140 cm³/mol. The van der Waals surface area contributed by atoms with E-state index < -0.39 is 27.8 Å². The summed E-state index contributed by atoms with van der Waals surface area (Å²) in [5.74, 6) is 1.37. The highest BCUT2D eigenvalue weighted by Gasteiger charge is 2.46. The van der Waals surface area contributed by atoms with Crippen molar-refractivity contribution >= 4 is 43.9 Å². The standard InChI is InChI=1S/C25H30F2N6O3S/c1-15-17(13-37(3,35)36)11-33(15)20-6-4-5-16-9-22(29-10-18(16)20)30-21-7-8-28-24(31-21)32-12-19(26)23(34)25(2,27)14-32/h4-10,15,17,19,23,34H,11-14H2,1-3H3,(H,28,29,30,31)/t15-,17-,19+,23+,25+/m1/s1. The number of fused-ring (bicyclic) bond motifs is 1. The largest absolute Gasteiger partial charge is 0.387 e. The normalized spacial score (nSPS) is 28.3. The van der Waals surface area contributed by atoms with Gasteiger partial charge in [-0.15, -0.1) is 0 Å². The van der Waals surface area contributed by atoms with Crippen molar-refractivity contribution in [2.75, 3.05) is 46.8 Å². The number of aromatic nitrogens is 3. The quantitative estimate of drug-likeness (QED) is 0.495. The molecule has 2 fully saturated rings. The number of hydrogen-bond acceptors (Lipinski definition) is 9. The lowest BCUT2D eigenvalue weighted by Gasteiger charge is -2.48. The zero-order valence-corrected chi connectivity index (χ0v) is 21.7. The summed E-state index contributed by atoms with van der Waals surface area (Å²) in [6, 6.07) is 9.55. The molecule has 0 unspecified atom stereocenters. The van der Waals surface area contributed by atoms with Crippen LogP contribution in [0.1, 0.15) is 13.8 Å². The molecule has 2 aliphatic heterocycles. The maximum Gasteiger partial charge on any atom is 0.227 e. The molecule has 198 valence electrons. The highest BCUT2D eigenvalue weighted by atomic mass is 32.2. The second-order valence-corrected chi connectivity index (χ2v) is 12.5. The highest BCUT2D eigenvalue weighted by Crippen LogP contribution is 2.37. The molecule has 0 saturated carbocycles. The van der Waals surface area contributed by atoms with Crippen LogP contribution < -0.4 is 15.1 Å². The number of aliphatic hydroxyl groups excluding tert-OH is 1. The van der Waals surface area contributed by atoms with Gasteiger partial charge in [0, 0.05) is 48.2 Å². The number of anilines is 4. The van der Waals surface area contributed by atoms with Crippen LogP contribution in [-0.2, 0) is 9.84 Å². The Bertz CT molecular complexity index is 1420. The first-order valence-electron chi connectivity index (χ1n) is 12.1. The van der Waals surface area contributed by atoms with Crippen molar-refractivity contribution in [3.63, 3.8) is 0 Å². The zero-order chi connectivity index (χ0) is 26.5. The van der Waals surface area contributed by atoms with Crippen molar-refractivity contribution in [1.29, 1.82) is 0 Å². The van der Waals surface area contributed by atoms with Gasteiger partial charge in [0.05, 0.1) is 18.8 Å². The molecule has 0 aliphatic carbocycles. The van der Waals surface area contributed by atoms with E-state index >= 15 is 0 Å². The summed E-state index contributed by atoms with van der Waals surface area (Å²) in [5, 5.41) is 14.8. The fraction of sp³-hybridized carbons (Fsp3) is 0.480. The van der Waals surface area contributed by atoms with Crippen LogP contribution >= 0.6 is 0 Å². The van der Waals surface area contributed by atoms with E-state index in [1.807, 2.05) is 31.2 Å². The van der Waals surface area contributed by atoms with Crippen LogP contribution in [0.15, 0.2) is 42.7 Å². The summed E-state index contributed by atoms with van der Waals surface area (Å²) in [5.41, 5.74) is -1.12. The van der Waals surface area contributed by atoms with E-state index in [4.69, 9.17) is 0 Å². The third-order valence-electron chi connectivity index (χ3n) is 7.21. The van der Waals surface area contributed by atoms with E-state index in [0.29, 0.717) is 18.2 Å². The number of hydrogen-bond donors (Lipinski definition) is 2. The smallest absolute Gasteiger partial charge is 0.227 e. The number of piperidine rings is 1. The van der Waals surface area contributed by atoms with E-state index in [-0.39, 0.29) is 36.8 Å². The van der Waals surface area contributed by atoms with Crippen LogP contribution in [0.25, 0.3) is 10.8 Å². The lowest BCUT2D eigenvalue weighted by atomic mass is 9.90. The van der Waals surface area contributed by atoms with Crippen molar-refractivity contribution in [3.8, 4) is 0 Å². The van der Waals surface area contributed by atoms with Gasteiger partial charge < -0.3 is 20.2 Å². The first-order chi connectivity index (χ1) is 17.4. The molecule has 2 N–H and O–H groups in total. The van der Waals surface area contributed by atoms with Gasteiger partial charge in [-0.1, -0.05) is 12.1 Å². The summed E-state index contributed by atoms with van der Waals surface area (Å²) < 4.78 is 52.2. The summed E-state index contributed by atoms with van der Waals surface area (Å²) in [7, 11) is -3.03. The Morgan fingerprint density at radius 3 is 2.70 bits per heavy atom. The Morgan fingerprint density at radius 1 is 1.22 bits per heavy atom. The average Bonchev–Trinajstić information content (AvgIpc) is 2.83. The Balaban J connectivity index is 1.33. The number of rotatable bonds is 6. The first kappa shape index (κ1) is 25.5. The van der Waals surface area contributed by atoms with Gasteiger partial charge in [0.1, 0.15) is 33.7 Å². The van der Waals surface area contributed by atoms with E-state index in [1.165, 1.54) is 24.3 Å². The van der Waals surface area contributed by atoms with Crippen LogP contribution in [0, 0.1) is 5.92 Å². The van der Waals surface area contributed by atoms with Crippen LogP contribution in [0.3, 0.4) is 0 Å². The van der Waals surface area contributed by atoms with Crippen LogP contribution in [-0.4, -0.2) is 84.1 Å². The van der Waals surface area contributed by atoms with E-state index in [2.05, 4.69) is 25.2 Å². The second kappa shape index (κ2) is 9.32.